The Balaban J connectivity index is 1.64. The van der Waals surface area contributed by atoms with Gasteiger partial charge in [0.1, 0.15) is 28.6 Å². The predicted molar refractivity (Wildman–Crippen MR) is 156 cm³/mol. The molecule has 1 aliphatic heterocycles. The van der Waals surface area contributed by atoms with Crippen LogP contribution in [-0.4, -0.2) is 42.7 Å². The van der Waals surface area contributed by atoms with E-state index in [1.54, 1.807) is 42.5 Å². The van der Waals surface area contributed by atoms with Crippen molar-refractivity contribution in [2.45, 2.75) is 25.2 Å². The van der Waals surface area contributed by atoms with Gasteiger partial charge in [-0.1, -0.05) is 37.3 Å². The van der Waals surface area contributed by atoms with Crippen molar-refractivity contribution in [3.8, 4) is 34.5 Å². The minimum absolute atomic E-state index is 0.0345. The molecular weight excluding hydrogens is 552 g/mol. The Morgan fingerprint density at radius 1 is 0.884 bits per heavy atom. The van der Waals surface area contributed by atoms with E-state index in [9.17, 15) is 19.8 Å². The highest BCUT2D eigenvalue weighted by Gasteiger charge is 2.54. The molecule has 0 bridgehead atoms. The van der Waals surface area contributed by atoms with Gasteiger partial charge in [0, 0.05) is 11.6 Å². The van der Waals surface area contributed by atoms with Gasteiger partial charge in [0.05, 0.1) is 25.0 Å². The monoisotopic (exact) mass is 582 g/mol. The summed E-state index contributed by atoms with van der Waals surface area (Å²) in [5, 5.41) is 20.7. The SMILES string of the molecule is CCCOc1ccc2c(c1)CC(C(=O)O)C2(c1ccc2c(c1)OCO2)c1ccc(OC)cc1Oc1ccccc1C(=O)O. The van der Waals surface area contributed by atoms with E-state index >= 15 is 0 Å². The number of ether oxygens (including phenoxy) is 5. The number of para-hydroxylation sites is 1. The lowest BCUT2D eigenvalue weighted by atomic mass is 9.64. The summed E-state index contributed by atoms with van der Waals surface area (Å²) in [6.45, 7) is 2.62. The first-order valence-electron chi connectivity index (χ1n) is 13.9. The number of carboxylic acids is 2. The van der Waals surface area contributed by atoms with Crippen molar-refractivity contribution in [1.82, 2.24) is 0 Å². The number of benzene rings is 4. The van der Waals surface area contributed by atoms with Crippen molar-refractivity contribution >= 4 is 11.9 Å². The van der Waals surface area contributed by atoms with Crippen LogP contribution >= 0.6 is 0 Å². The summed E-state index contributed by atoms with van der Waals surface area (Å²) in [6.07, 6.45) is 1.06. The zero-order valence-corrected chi connectivity index (χ0v) is 23.7. The minimum Gasteiger partial charge on any atom is -0.497 e. The number of carbonyl (C=O) groups is 2. The maximum Gasteiger partial charge on any atom is 0.339 e. The Morgan fingerprint density at radius 3 is 2.42 bits per heavy atom. The molecule has 2 N–H and O–H groups in total. The molecule has 4 aromatic rings. The molecule has 6 rings (SSSR count). The molecular formula is C34H30O9. The summed E-state index contributed by atoms with van der Waals surface area (Å²) in [4.78, 5) is 25.3. The Hall–Kier alpha value is -5.18. The second-order valence-electron chi connectivity index (χ2n) is 10.4. The number of fused-ring (bicyclic) bond motifs is 2. The van der Waals surface area contributed by atoms with Gasteiger partial charge in [-0.05, 0) is 72.0 Å². The number of aliphatic carboxylic acids is 1. The van der Waals surface area contributed by atoms with Gasteiger partial charge in [-0.3, -0.25) is 4.79 Å². The first kappa shape index (κ1) is 28.0. The molecule has 1 aliphatic carbocycles. The molecule has 0 aromatic heterocycles. The molecule has 9 nitrogen and oxygen atoms in total. The van der Waals surface area contributed by atoms with Gasteiger partial charge in [0.15, 0.2) is 11.5 Å². The third-order valence-electron chi connectivity index (χ3n) is 8.00. The average Bonchev–Trinajstić information content (AvgIpc) is 3.62. The standard InChI is InChI=1S/C34H30O9/c1-3-14-40-23-10-11-25-20(15-23)16-27(33(37)38)34(25,21-8-13-29-31(17-21)42-19-41-29)26-12-9-22(39-2)18-30(26)43-28-7-5-4-6-24(28)32(35)36/h4-13,15,17-18,27H,3,14,16,19H2,1-2H3,(H,35,36)(H,37,38). The Bertz CT molecular complexity index is 1710. The largest absolute Gasteiger partial charge is 0.497 e. The zero-order chi connectivity index (χ0) is 30.1. The maximum absolute atomic E-state index is 13.2. The van der Waals surface area contributed by atoms with E-state index in [2.05, 4.69) is 0 Å². The molecule has 0 radical (unpaired) electrons. The molecule has 9 heteroatoms. The van der Waals surface area contributed by atoms with Crippen LogP contribution in [0.5, 0.6) is 34.5 Å². The highest BCUT2D eigenvalue weighted by molar-refractivity contribution is 5.91. The summed E-state index contributed by atoms with van der Waals surface area (Å²) in [5.74, 6) is -0.561. The molecule has 43 heavy (non-hydrogen) atoms. The normalized spacial score (nSPS) is 18.1. The molecule has 0 amide bonds. The second kappa shape index (κ2) is 11.2. The molecule has 0 saturated heterocycles. The van der Waals surface area contributed by atoms with Gasteiger partial charge in [0.2, 0.25) is 6.79 Å². The summed E-state index contributed by atoms with van der Waals surface area (Å²) >= 11 is 0. The van der Waals surface area contributed by atoms with Crippen LogP contribution in [0.4, 0.5) is 0 Å². The van der Waals surface area contributed by atoms with Crippen molar-refractivity contribution in [1.29, 1.82) is 0 Å². The summed E-state index contributed by atoms with van der Waals surface area (Å²) < 4.78 is 29.1. The van der Waals surface area contributed by atoms with Gasteiger partial charge < -0.3 is 33.9 Å². The average molecular weight is 583 g/mol. The smallest absolute Gasteiger partial charge is 0.339 e. The van der Waals surface area contributed by atoms with E-state index in [0.29, 0.717) is 40.7 Å². The molecule has 2 unspecified atom stereocenters. The third kappa shape index (κ3) is 4.76. The number of methoxy groups -OCH3 is 1. The maximum atomic E-state index is 13.2. The van der Waals surface area contributed by atoms with Crippen molar-refractivity contribution in [3.05, 3.63) is 107 Å². The summed E-state index contributed by atoms with van der Waals surface area (Å²) in [6, 6.07) is 22.6. The topological polar surface area (TPSA) is 121 Å². The fraction of sp³-hybridized carbons (Fsp3) is 0.235. The Labute approximate surface area is 248 Å². The second-order valence-corrected chi connectivity index (χ2v) is 10.4. The van der Waals surface area contributed by atoms with Crippen molar-refractivity contribution in [2.75, 3.05) is 20.5 Å². The van der Waals surface area contributed by atoms with Gasteiger partial charge in [-0.15, -0.1) is 0 Å². The van der Waals surface area contributed by atoms with Crippen LogP contribution in [0.3, 0.4) is 0 Å². The number of rotatable bonds is 10. The number of carboxylic acid groups (broad SMARTS) is 2. The quantitative estimate of drug-likeness (QED) is 0.222. The van der Waals surface area contributed by atoms with Crippen LogP contribution in [0.2, 0.25) is 0 Å². The molecule has 0 spiro atoms. The van der Waals surface area contributed by atoms with E-state index in [1.807, 2.05) is 37.3 Å². The van der Waals surface area contributed by atoms with Crippen LogP contribution in [-0.2, 0) is 16.6 Å². The zero-order valence-electron chi connectivity index (χ0n) is 23.7. The lowest BCUT2D eigenvalue weighted by Gasteiger charge is -2.37. The third-order valence-corrected chi connectivity index (χ3v) is 8.00. The minimum atomic E-state index is -1.27. The number of hydrogen-bond donors (Lipinski definition) is 2. The lowest BCUT2D eigenvalue weighted by molar-refractivity contribution is -0.142. The fourth-order valence-electron chi connectivity index (χ4n) is 6.14. The van der Waals surface area contributed by atoms with E-state index in [-0.39, 0.29) is 30.3 Å². The first-order chi connectivity index (χ1) is 20.9. The molecule has 2 aliphatic rings. The molecule has 4 aromatic carbocycles. The Kier molecular flexibility index (Phi) is 7.31. The van der Waals surface area contributed by atoms with Crippen molar-refractivity contribution in [3.63, 3.8) is 0 Å². The number of hydrogen-bond acceptors (Lipinski definition) is 7. The van der Waals surface area contributed by atoms with Gasteiger partial charge in [-0.2, -0.15) is 0 Å². The van der Waals surface area contributed by atoms with Crippen LogP contribution < -0.4 is 23.7 Å². The van der Waals surface area contributed by atoms with E-state index in [0.717, 1.165) is 17.5 Å². The van der Waals surface area contributed by atoms with Gasteiger partial charge >= 0.3 is 11.9 Å². The first-order valence-corrected chi connectivity index (χ1v) is 13.9. The molecule has 0 fully saturated rings. The molecule has 220 valence electrons. The van der Waals surface area contributed by atoms with Crippen LogP contribution in [0.25, 0.3) is 0 Å². The number of aromatic carboxylic acids is 1. The molecule has 0 saturated carbocycles. The van der Waals surface area contributed by atoms with Crippen molar-refractivity contribution in [2.24, 2.45) is 5.92 Å². The molecule has 2 atom stereocenters. The van der Waals surface area contributed by atoms with Crippen LogP contribution in [0.1, 0.15) is 46.0 Å². The van der Waals surface area contributed by atoms with E-state index < -0.39 is 23.3 Å². The predicted octanol–water partition coefficient (Wildman–Crippen LogP) is 6.29. The summed E-state index contributed by atoms with van der Waals surface area (Å²) in [5.41, 5.74) is 1.47. The lowest BCUT2D eigenvalue weighted by Crippen LogP contribution is -2.39. The van der Waals surface area contributed by atoms with Crippen LogP contribution in [0.15, 0.2) is 78.9 Å². The van der Waals surface area contributed by atoms with Crippen LogP contribution in [0, 0.1) is 5.92 Å². The van der Waals surface area contributed by atoms with E-state index in [4.69, 9.17) is 23.7 Å². The summed E-state index contributed by atoms with van der Waals surface area (Å²) in [7, 11) is 1.51. The molecule has 1 heterocycles. The van der Waals surface area contributed by atoms with E-state index in [1.165, 1.54) is 13.2 Å². The highest BCUT2D eigenvalue weighted by Crippen LogP contribution is 2.57. The highest BCUT2D eigenvalue weighted by atomic mass is 16.7. The van der Waals surface area contributed by atoms with Crippen molar-refractivity contribution < 1.29 is 43.5 Å². The van der Waals surface area contributed by atoms with Gasteiger partial charge in [0.25, 0.3) is 0 Å². The van der Waals surface area contributed by atoms with Gasteiger partial charge in [-0.25, -0.2) is 4.79 Å². The fourth-order valence-corrected chi connectivity index (χ4v) is 6.14. The Morgan fingerprint density at radius 2 is 1.65 bits per heavy atom.